The average Bonchev–Trinajstić information content (AvgIpc) is 3.28. The quantitative estimate of drug-likeness (QED) is 0.374. The minimum Gasteiger partial charge on any atom is -0.379 e. The Hall–Kier alpha value is -1.67. The minimum atomic E-state index is 0.280. The van der Waals surface area contributed by atoms with E-state index in [4.69, 9.17) is 14.0 Å². The number of nitrogens with one attached hydrogen (secondary N) is 2. The summed E-state index contributed by atoms with van der Waals surface area (Å²) in [6.07, 6.45) is 4.16. The summed E-state index contributed by atoms with van der Waals surface area (Å²) in [6, 6.07) is 0. The van der Waals surface area contributed by atoms with Gasteiger partial charge < -0.3 is 24.6 Å². The molecule has 1 fully saturated rings. The second-order valence-corrected chi connectivity index (χ2v) is 6.44. The molecule has 2 heterocycles. The van der Waals surface area contributed by atoms with Gasteiger partial charge in [-0.2, -0.15) is 4.98 Å². The lowest BCUT2D eigenvalue weighted by Crippen LogP contribution is -2.39. The van der Waals surface area contributed by atoms with Crippen LogP contribution >= 0.6 is 0 Å². The lowest BCUT2D eigenvalue weighted by atomic mass is 10.2. The van der Waals surface area contributed by atoms with Crippen LogP contribution in [0.3, 0.4) is 0 Å². The molecule has 8 nitrogen and oxygen atoms in total. The number of ether oxygens (including phenoxy) is 2. The number of hydrogen-bond acceptors (Lipinski definition) is 6. The predicted octanol–water partition coefficient (Wildman–Crippen LogP) is 1.49. The van der Waals surface area contributed by atoms with E-state index >= 15 is 0 Å². The monoisotopic (exact) mass is 353 g/mol. The Morgan fingerprint density at radius 1 is 1.36 bits per heavy atom. The predicted molar refractivity (Wildman–Crippen MR) is 95.9 cm³/mol. The highest BCUT2D eigenvalue weighted by Crippen LogP contribution is 2.12. The Morgan fingerprint density at radius 3 is 2.88 bits per heavy atom. The first kappa shape index (κ1) is 19.7. The number of rotatable bonds is 10. The van der Waals surface area contributed by atoms with E-state index in [9.17, 15) is 0 Å². The van der Waals surface area contributed by atoms with Gasteiger partial charge in [0.15, 0.2) is 11.8 Å². The maximum atomic E-state index is 5.64. The Morgan fingerprint density at radius 2 is 2.20 bits per heavy atom. The lowest BCUT2D eigenvalue weighted by molar-refractivity contribution is 0.0168. The van der Waals surface area contributed by atoms with Gasteiger partial charge in [0.1, 0.15) is 0 Å². The number of aliphatic imine (C=N–C) groups is 1. The van der Waals surface area contributed by atoms with Crippen molar-refractivity contribution in [2.75, 3.05) is 40.0 Å². The molecule has 25 heavy (non-hydrogen) atoms. The Balaban J connectivity index is 1.51. The van der Waals surface area contributed by atoms with Gasteiger partial charge in [-0.25, -0.2) is 0 Å². The first-order chi connectivity index (χ1) is 12.2. The maximum absolute atomic E-state index is 5.64. The molecule has 0 bridgehead atoms. The fourth-order valence-corrected chi connectivity index (χ4v) is 2.48. The van der Waals surface area contributed by atoms with Crippen molar-refractivity contribution in [1.29, 1.82) is 0 Å². The molecule has 1 aromatic heterocycles. The van der Waals surface area contributed by atoms with Crippen LogP contribution in [0.4, 0.5) is 0 Å². The zero-order chi connectivity index (χ0) is 17.9. The largest absolute Gasteiger partial charge is 0.379 e. The van der Waals surface area contributed by atoms with Gasteiger partial charge in [0, 0.05) is 45.7 Å². The molecule has 8 heteroatoms. The zero-order valence-electron chi connectivity index (χ0n) is 15.6. The molecule has 0 saturated carbocycles. The molecule has 2 rings (SSSR count). The fraction of sp³-hybridized carbons (Fsp3) is 0.824. The highest BCUT2D eigenvalue weighted by Gasteiger charge is 2.15. The molecule has 2 N–H and O–H groups in total. The molecule has 0 aliphatic carbocycles. The Kier molecular flexibility index (Phi) is 8.68. The second-order valence-electron chi connectivity index (χ2n) is 6.44. The van der Waals surface area contributed by atoms with Gasteiger partial charge in [-0.05, 0) is 19.3 Å². The molecule has 1 aromatic rings. The molecular weight excluding hydrogens is 322 g/mol. The van der Waals surface area contributed by atoms with Crippen LogP contribution in [-0.2, 0) is 15.9 Å². The molecule has 1 unspecified atom stereocenters. The van der Waals surface area contributed by atoms with E-state index in [1.54, 1.807) is 7.05 Å². The molecular formula is C17H31N5O3. The molecule has 0 spiro atoms. The molecule has 0 aromatic carbocycles. The summed E-state index contributed by atoms with van der Waals surface area (Å²) in [5.41, 5.74) is 0. The van der Waals surface area contributed by atoms with Crippen molar-refractivity contribution < 1.29 is 14.0 Å². The summed E-state index contributed by atoms with van der Waals surface area (Å²) in [4.78, 5) is 8.56. The van der Waals surface area contributed by atoms with Gasteiger partial charge in [0.2, 0.25) is 5.89 Å². The Bertz CT molecular complexity index is 512. The van der Waals surface area contributed by atoms with Crippen molar-refractivity contribution in [3.05, 3.63) is 11.7 Å². The van der Waals surface area contributed by atoms with E-state index in [0.29, 0.717) is 31.6 Å². The zero-order valence-corrected chi connectivity index (χ0v) is 15.6. The molecule has 0 radical (unpaired) electrons. The van der Waals surface area contributed by atoms with Crippen molar-refractivity contribution in [1.82, 2.24) is 20.8 Å². The van der Waals surface area contributed by atoms with Crippen LogP contribution in [0.25, 0.3) is 0 Å². The first-order valence-corrected chi connectivity index (χ1v) is 9.15. The van der Waals surface area contributed by atoms with E-state index in [0.717, 1.165) is 50.8 Å². The number of hydrogen-bond donors (Lipinski definition) is 2. The van der Waals surface area contributed by atoms with Gasteiger partial charge in [-0.15, -0.1) is 0 Å². The second kappa shape index (κ2) is 11.0. The van der Waals surface area contributed by atoms with Gasteiger partial charge in [-0.3, -0.25) is 4.99 Å². The van der Waals surface area contributed by atoms with Crippen molar-refractivity contribution in [3.8, 4) is 0 Å². The van der Waals surface area contributed by atoms with Gasteiger partial charge >= 0.3 is 0 Å². The molecule has 1 atom stereocenters. The third-order valence-corrected chi connectivity index (χ3v) is 3.94. The third-order valence-electron chi connectivity index (χ3n) is 3.94. The summed E-state index contributed by atoms with van der Waals surface area (Å²) < 4.78 is 16.4. The molecule has 1 saturated heterocycles. The maximum Gasteiger partial charge on any atom is 0.228 e. The summed E-state index contributed by atoms with van der Waals surface area (Å²) in [7, 11) is 1.76. The molecule has 1 aliphatic heterocycles. The normalized spacial score (nSPS) is 18.1. The van der Waals surface area contributed by atoms with Crippen LogP contribution in [0.2, 0.25) is 0 Å². The van der Waals surface area contributed by atoms with E-state index in [1.165, 1.54) is 0 Å². The number of guanidine groups is 1. The van der Waals surface area contributed by atoms with E-state index in [2.05, 4.69) is 25.8 Å². The third kappa shape index (κ3) is 7.39. The van der Waals surface area contributed by atoms with Crippen LogP contribution < -0.4 is 10.6 Å². The standard InChI is InChI=1S/C17H31N5O3/c1-13(2)16-21-15(25-22-16)7-9-20-17(18-3)19-8-5-10-23-12-14-6-4-11-24-14/h13-14H,4-12H2,1-3H3,(H2,18,19,20). The summed E-state index contributed by atoms with van der Waals surface area (Å²) in [5, 5.41) is 10.5. The first-order valence-electron chi connectivity index (χ1n) is 9.15. The lowest BCUT2D eigenvalue weighted by Gasteiger charge is -2.12. The summed E-state index contributed by atoms with van der Waals surface area (Å²) in [5.74, 6) is 2.44. The fourth-order valence-electron chi connectivity index (χ4n) is 2.48. The van der Waals surface area contributed by atoms with E-state index in [1.807, 2.05) is 13.8 Å². The topological polar surface area (TPSA) is 93.8 Å². The number of aromatic nitrogens is 2. The average molecular weight is 353 g/mol. The Labute approximate surface area is 149 Å². The van der Waals surface area contributed by atoms with Crippen LogP contribution in [0.1, 0.15) is 50.7 Å². The van der Waals surface area contributed by atoms with Gasteiger partial charge in [0.05, 0.1) is 12.7 Å². The van der Waals surface area contributed by atoms with Crippen LogP contribution in [0.15, 0.2) is 9.52 Å². The van der Waals surface area contributed by atoms with Crippen LogP contribution in [-0.4, -0.2) is 62.2 Å². The van der Waals surface area contributed by atoms with E-state index in [-0.39, 0.29) is 5.92 Å². The highest BCUT2D eigenvalue weighted by atomic mass is 16.5. The van der Waals surface area contributed by atoms with Gasteiger partial charge in [-0.1, -0.05) is 19.0 Å². The molecule has 142 valence electrons. The van der Waals surface area contributed by atoms with Crippen LogP contribution in [0, 0.1) is 0 Å². The van der Waals surface area contributed by atoms with Crippen LogP contribution in [0.5, 0.6) is 0 Å². The SMILES string of the molecule is CN=C(NCCCOCC1CCCO1)NCCc1nc(C(C)C)no1. The molecule has 1 aliphatic rings. The van der Waals surface area contributed by atoms with Crippen molar-refractivity contribution in [2.24, 2.45) is 4.99 Å². The van der Waals surface area contributed by atoms with E-state index < -0.39 is 0 Å². The molecule has 0 amide bonds. The minimum absolute atomic E-state index is 0.280. The summed E-state index contributed by atoms with van der Waals surface area (Å²) >= 11 is 0. The van der Waals surface area contributed by atoms with Crippen molar-refractivity contribution in [3.63, 3.8) is 0 Å². The highest BCUT2D eigenvalue weighted by molar-refractivity contribution is 5.79. The van der Waals surface area contributed by atoms with Gasteiger partial charge in [0.25, 0.3) is 0 Å². The van der Waals surface area contributed by atoms with Crippen molar-refractivity contribution in [2.45, 2.75) is 51.6 Å². The number of nitrogens with zero attached hydrogens (tertiary/aromatic N) is 3. The smallest absolute Gasteiger partial charge is 0.228 e. The summed E-state index contributed by atoms with van der Waals surface area (Å²) in [6.45, 7) is 7.89. The van der Waals surface area contributed by atoms with Crippen molar-refractivity contribution >= 4 is 5.96 Å².